The van der Waals surface area contributed by atoms with E-state index in [9.17, 15) is 19.2 Å². The van der Waals surface area contributed by atoms with Gasteiger partial charge in [-0.25, -0.2) is 0 Å². The number of anilines is 1. The van der Waals surface area contributed by atoms with Gasteiger partial charge in [0.05, 0.1) is 33.1 Å². The Hall–Kier alpha value is -5.52. The van der Waals surface area contributed by atoms with Gasteiger partial charge in [0, 0.05) is 56.0 Å². The number of aromatic nitrogens is 1. The number of para-hydroxylation sites is 1. The molecule has 5 rings (SSSR count). The molecule has 0 saturated carbocycles. The quantitative estimate of drug-likeness (QED) is 0.145. The van der Waals surface area contributed by atoms with Crippen LogP contribution in [0.5, 0.6) is 17.2 Å². The lowest BCUT2D eigenvalue weighted by Gasteiger charge is -2.19. The van der Waals surface area contributed by atoms with E-state index < -0.39 is 12.1 Å². The second-order valence-corrected chi connectivity index (χ2v) is 11.6. The van der Waals surface area contributed by atoms with Crippen molar-refractivity contribution in [1.82, 2.24) is 20.9 Å². The topological polar surface area (TPSA) is 160 Å². The molecule has 3 aromatic carbocycles. The van der Waals surface area contributed by atoms with Crippen LogP contribution in [-0.2, 0) is 27.2 Å². The monoisotopic (exact) mass is 655 g/mol. The van der Waals surface area contributed by atoms with Crippen molar-refractivity contribution in [3.05, 3.63) is 81.6 Å². The Morgan fingerprint density at radius 1 is 0.938 bits per heavy atom. The third kappa shape index (κ3) is 7.22. The minimum Gasteiger partial charge on any atom is -0.493 e. The highest BCUT2D eigenvalue weighted by atomic mass is 16.5. The van der Waals surface area contributed by atoms with E-state index in [-0.39, 0.29) is 36.2 Å². The molecule has 3 amide bonds. The predicted molar refractivity (Wildman–Crippen MR) is 184 cm³/mol. The zero-order valence-corrected chi connectivity index (χ0v) is 27.7. The molecule has 252 valence electrons. The molecule has 0 fully saturated rings. The van der Waals surface area contributed by atoms with Crippen LogP contribution in [0.25, 0.3) is 22.0 Å². The van der Waals surface area contributed by atoms with Crippen molar-refractivity contribution < 1.29 is 28.6 Å². The van der Waals surface area contributed by atoms with Crippen molar-refractivity contribution in [2.45, 2.75) is 45.2 Å². The fourth-order valence-electron chi connectivity index (χ4n) is 6.33. The molecule has 0 saturated heterocycles. The lowest BCUT2D eigenvalue weighted by Crippen LogP contribution is -2.48. The van der Waals surface area contributed by atoms with Gasteiger partial charge in [0.1, 0.15) is 6.04 Å². The van der Waals surface area contributed by atoms with Crippen LogP contribution in [0.2, 0.25) is 0 Å². The third-order valence-electron chi connectivity index (χ3n) is 8.45. The number of benzene rings is 2. The van der Waals surface area contributed by atoms with Crippen LogP contribution in [0, 0.1) is 0 Å². The number of hydrogen-bond donors (Lipinski definition) is 5. The molecule has 1 aromatic heterocycles. The SMILES string of the molecule is COc1cc2c(c(OC)c1OC)-c1ccc(NCCNC(=O)[C@H](Cc3c[nH]c4ccccc34)NC(C)=O)c(=O)cc1[C@@H](NC(C)=O)CC2. The van der Waals surface area contributed by atoms with Gasteiger partial charge in [-0.2, -0.15) is 0 Å². The first-order valence-electron chi connectivity index (χ1n) is 15.8. The summed E-state index contributed by atoms with van der Waals surface area (Å²) in [6, 6.07) is 13.5. The number of hydrogen-bond acceptors (Lipinski definition) is 8. The van der Waals surface area contributed by atoms with Gasteiger partial charge >= 0.3 is 0 Å². The first-order chi connectivity index (χ1) is 23.1. The van der Waals surface area contributed by atoms with Crippen molar-refractivity contribution in [3.63, 3.8) is 0 Å². The van der Waals surface area contributed by atoms with Crippen LogP contribution in [0.1, 0.15) is 43.0 Å². The van der Waals surface area contributed by atoms with Crippen molar-refractivity contribution in [2.24, 2.45) is 0 Å². The molecule has 1 heterocycles. The van der Waals surface area contributed by atoms with Crippen molar-refractivity contribution >= 4 is 34.3 Å². The van der Waals surface area contributed by atoms with Crippen LogP contribution >= 0.6 is 0 Å². The van der Waals surface area contributed by atoms with E-state index in [0.29, 0.717) is 53.3 Å². The molecule has 2 atom stereocenters. The molecule has 0 unspecified atom stereocenters. The Morgan fingerprint density at radius 2 is 1.71 bits per heavy atom. The Balaban J connectivity index is 1.38. The van der Waals surface area contributed by atoms with Gasteiger partial charge in [-0.15, -0.1) is 0 Å². The van der Waals surface area contributed by atoms with Crippen LogP contribution in [0.3, 0.4) is 0 Å². The lowest BCUT2D eigenvalue weighted by atomic mass is 9.95. The Kier molecular flexibility index (Phi) is 10.5. The van der Waals surface area contributed by atoms with Crippen LogP contribution in [-0.4, -0.2) is 63.2 Å². The summed E-state index contributed by atoms with van der Waals surface area (Å²) in [6.45, 7) is 3.27. The minimum atomic E-state index is -0.779. The van der Waals surface area contributed by atoms with Crippen LogP contribution < -0.4 is 40.9 Å². The van der Waals surface area contributed by atoms with E-state index in [1.54, 1.807) is 20.3 Å². The molecule has 48 heavy (non-hydrogen) atoms. The first-order valence-corrected chi connectivity index (χ1v) is 15.8. The fraction of sp³-hybridized carbons (Fsp3) is 0.333. The number of fused-ring (bicyclic) bond motifs is 4. The minimum absolute atomic E-state index is 0.197. The molecule has 0 aliphatic heterocycles. The average molecular weight is 656 g/mol. The summed E-state index contributed by atoms with van der Waals surface area (Å²) in [5.74, 6) is 0.545. The third-order valence-corrected chi connectivity index (χ3v) is 8.45. The summed E-state index contributed by atoms with van der Waals surface area (Å²) < 4.78 is 17.1. The van der Waals surface area contributed by atoms with Gasteiger partial charge < -0.3 is 40.5 Å². The van der Waals surface area contributed by atoms with Gasteiger partial charge in [-0.1, -0.05) is 24.3 Å². The van der Waals surface area contributed by atoms with Crippen molar-refractivity contribution in [3.8, 4) is 28.4 Å². The van der Waals surface area contributed by atoms with Crippen LogP contribution in [0.4, 0.5) is 5.69 Å². The molecule has 12 nitrogen and oxygen atoms in total. The summed E-state index contributed by atoms with van der Waals surface area (Å²) in [5, 5.41) is 12.7. The smallest absolute Gasteiger partial charge is 0.242 e. The zero-order valence-electron chi connectivity index (χ0n) is 27.7. The van der Waals surface area contributed by atoms with E-state index in [0.717, 1.165) is 27.6 Å². The number of ether oxygens (including phenoxy) is 3. The fourth-order valence-corrected chi connectivity index (χ4v) is 6.33. The van der Waals surface area contributed by atoms with E-state index in [2.05, 4.69) is 26.3 Å². The predicted octanol–water partition coefficient (Wildman–Crippen LogP) is 3.62. The van der Waals surface area contributed by atoms with Crippen molar-refractivity contribution in [2.75, 3.05) is 39.7 Å². The lowest BCUT2D eigenvalue weighted by molar-refractivity contribution is -0.128. The van der Waals surface area contributed by atoms with Gasteiger partial charge in [-0.3, -0.25) is 19.2 Å². The van der Waals surface area contributed by atoms with E-state index in [1.807, 2.05) is 42.6 Å². The maximum Gasteiger partial charge on any atom is 0.242 e. The number of H-pyrrole nitrogens is 1. The summed E-state index contributed by atoms with van der Waals surface area (Å²) in [4.78, 5) is 54.1. The number of methoxy groups -OCH3 is 3. The second-order valence-electron chi connectivity index (χ2n) is 11.6. The van der Waals surface area contributed by atoms with Gasteiger partial charge in [0.25, 0.3) is 0 Å². The average Bonchev–Trinajstić information content (AvgIpc) is 3.32. The molecule has 1 aliphatic carbocycles. The highest BCUT2D eigenvalue weighted by Crippen LogP contribution is 2.50. The number of carbonyl (C=O) groups excluding carboxylic acids is 3. The Bertz CT molecular complexity index is 1900. The molecular weight excluding hydrogens is 614 g/mol. The molecule has 1 aliphatic rings. The summed E-state index contributed by atoms with van der Waals surface area (Å²) >= 11 is 0. The molecule has 4 aromatic rings. The first kappa shape index (κ1) is 33.8. The highest BCUT2D eigenvalue weighted by molar-refractivity contribution is 5.89. The molecule has 12 heteroatoms. The normalized spacial score (nSPS) is 14.1. The number of nitrogens with one attached hydrogen (secondary N) is 5. The Morgan fingerprint density at radius 3 is 2.42 bits per heavy atom. The van der Waals surface area contributed by atoms with Crippen molar-refractivity contribution in [1.29, 1.82) is 0 Å². The summed E-state index contributed by atoms with van der Waals surface area (Å²) in [7, 11) is 4.64. The summed E-state index contributed by atoms with van der Waals surface area (Å²) in [5.41, 5.74) is 4.95. The molecule has 5 N–H and O–H groups in total. The van der Waals surface area contributed by atoms with Gasteiger partial charge in [-0.05, 0) is 59.4 Å². The molecule has 0 radical (unpaired) electrons. The van der Waals surface area contributed by atoms with E-state index in [1.165, 1.54) is 27.0 Å². The maximum absolute atomic E-state index is 13.6. The number of rotatable bonds is 12. The zero-order chi connectivity index (χ0) is 34.4. The number of aromatic amines is 1. The van der Waals surface area contributed by atoms with E-state index in [4.69, 9.17) is 14.2 Å². The van der Waals surface area contributed by atoms with E-state index >= 15 is 0 Å². The summed E-state index contributed by atoms with van der Waals surface area (Å²) in [6.07, 6.45) is 3.29. The second kappa shape index (κ2) is 14.9. The number of amides is 3. The standard InChI is InChI=1S/C36H41N5O7/c1-20(42)40-28-12-10-22-17-32(46-3)34(47-4)35(48-5)33(22)25-11-13-29(31(44)18-26(25)28)37-14-15-38-36(45)30(41-21(2)43)16-23-19-39-27-9-7-6-8-24(23)27/h6-9,11,13,17-19,28,30,39H,10,12,14-16H2,1-5H3,(H,37,44)(H,38,45)(H,40,42)(H,41,43)/t28-,30-/m0/s1. The van der Waals surface area contributed by atoms with Crippen LogP contribution in [0.15, 0.2) is 59.5 Å². The number of aryl methyl sites for hydroxylation is 1. The van der Waals surface area contributed by atoms with Gasteiger partial charge in [0.2, 0.25) is 28.9 Å². The van der Waals surface area contributed by atoms with Gasteiger partial charge in [0.15, 0.2) is 11.5 Å². The Labute approximate surface area is 278 Å². The molecule has 0 spiro atoms. The molecule has 0 bridgehead atoms. The molecular formula is C36H41N5O7. The highest BCUT2D eigenvalue weighted by Gasteiger charge is 2.29. The number of carbonyl (C=O) groups is 3. The largest absolute Gasteiger partial charge is 0.493 e. The maximum atomic E-state index is 13.6.